The fourth-order valence-corrected chi connectivity index (χ4v) is 4.26. The number of aryl methyl sites for hydroxylation is 1. The number of nitrogens with two attached hydrogens (primary N) is 1. The Morgan fingerprint density at radius 3 is 2.48 bits per heavy atom. The monoisotopic (exact) mass is 396 g/mol. The summed E-state index contributed by atoms with van der Waals surface area (Å²) in [6.45, 7) is 1.58. The molecule has 1 unspecified atom stereocenters. The largest absolute Gasteiger partial charge is 0.869 e. The van der Waals surface area contributed by atoms with Crippen molar-refractivity contribution < 1.29 is 39.6 Å². The van der Waals surface area contributed by atoms with Gasteiger partial charge in [-0.3, -0.25) is 19.2 Å². The van der Waals surface area contributed by atoms with Crippen LogP contribution in [0.4, 0.5) is 0 Å². The van der Waals surface area contributed by atoms with Gasteiger partial charge in [-0.2, -0.15) is 0 Å². The standard InChI is InChI=1S/C20H15NO8/c1-6-7-3-2-4-10(22)11(7)15(24)12-8(6)5-9-14(23)16(25)13(19(21)28)18(27)20(9,29)17(12)26/h2-4,9,22,24-25,29H,5H2,1H3,(H2,21,28)/p-1/t9?,20-/m1/s1. The van der Waals surface area contributed by atoms with E-state index in [-0.39, 0.29) is 16.7 Å². The van der Waals surface area contributed by atoms with Crippen molar-refractivity contribution in [2.75, 3.05) is 0 Å². The molecule has 2 aromatic rings. The van der Waals surface area contributed by atoms with Gasteiger partial charge in [-0.25, -0.2) is 0 Å². The van der Waals surface area contributed by atoms with Gasteiger partial charge in [-0.1, -0.05) is 12.1 Å². The second kappa shape index (κ2) is 5.65. The first-order chi connectivity index (χ1) is 13.5. The zero-order valence-electron chi connectivity index (χ0n) is 15.0. The van der Waals surface area contributed by atoms with Crippen LogP contribution in [-0.2, 0) is 20.8 Å². The number of ketones is 3. The van der Waals surface area contributed by atoms with Gasteiger partial charge in [0.25, 0.3) is 5.91 Å². The number of Topliss-reactive ketones (excluding diaryl/α,β-unsaturated/α-hetero) is 3. The van der Waals surface area contributed by atoms with E-state index in [1.807, 2.05) is 0 Å². The molecule has 2 aliphatic rings. The van der Waals surface area contributed by atoms with Crippen LogP contribution in [0.2, 0.25) is 0 Å². The summed E-state index contributed by atoms with van der Waals surface area (Å²) in [5.41, 5.74) is 0.822. The molecular weight excluding hydrogens is 382 g/mol. The van der Waals surface area contributed by atoms with E-state index in [1.54, 1.807) is 13.0 Å². The molecule has 0 radical (unpaired) electrons. The second-order valence-corrected chi connectivity index (χ2v) is 7.14. The van der Waals surface area contributed by atoms with Crippen molar-refractivity contribution >= 4 is 34.0 Å². The number of allylic oxidation sites excluding steroid dienone is 1. The SMILES string of the molecule is Cc1c2c(c(O)c3c(O)cccc13)C(=O)[C@@]1(O)C(=O)C(C(N)=O)=C([O-])C(=O)C1C2. The number of rotatable bonds is 1. The molecule has 0 aliphatic heterocycles. The van der Waals surface area contributed by atoms with Gasteiger partial charge in [-0.05, 0) is 41.7 Å². The number of phenolic OH excluding ortho intramolecular Hbond substituents is 2. The molecule has 0 aromatic heterocycles. The van der Waals surface area contributed by atoms with Crippen molar-refractivity contribution in [1.29, 1.82) is 0 Å². The lowest BCUT2D eigenvalue weighted by atomic mass is 9.62. The van der Waals surface area contributed by atoms with Gasteiger partial charge < -0.3 is 26.2 Å². The molecule has 0 fully saturated rings. The minimum Gasteiger partial charge on any atom is -0.869 e. The van der Waals surface area contributed by atoms with E-state index >= 15 is 0 Å². The van der Waals surface area contributed by atoms with E-state index in [0.717, 1.165) is 0 Å². The fraction of sp³-hybridized carbons (Fsp3) is 0.200. The number of hydrogen-bond donors (Lipinski definition) is 4. The number of primary amides is 1. The molecule has 0 spiro atoms. The molecule has 9 nitrogen and oxygen atoms in total. The molecule has 5 N–H and O–H groups in total. The third-order valence-corrected chi connectivity index (χ3v) is 5.75. The number of carbonyl (C=O) groups excluding carboxylic acids is 4. The normalized spacial score (nSPS) is 23.9. The molecule has 1 amide bonds. The highest BCUT2D eigenvalue weighted by Gasteiger charge is 2.61. The van der Waals surface area contributed by atoms with Crippen LogP contribution >= 0.6 is 0 Å². The highest BCUT2D eigenvalue weighted by Crippen LogP contribution is 2.48. The number of carbonyl (C=O) groups is 4. The molecule has 2 atom stereocenters. The summed E-state index contributed by atoms with van der Waals surface area (Å²) in [5.74, 6) is -9.92. The molecule has 29 heavy (non-hydrogen) atoms. The molecule has 0 heterocycles. The number of phenols is 2. The van der Waals surface area contributed by atoms with E-state index in [1.165, 1.54) is 12.1 Å². The van der Waals surface area contributed by atoms with Crippen molar-refractivity contribution in [3.63, 3.8) is 0 Å². The Morgan fingerprint density at radius 2 is 1.86 bits per heavy atom. The summed E-state index contributed by atoms with van der Waals surface area (Å²) < 4.78 is 0. The van der Waals surface area contributed by atoms with Crippen LogP contribution < -0.4 is 10.8 Å². The molecule has 2 aliphatic carbocycles. The van der Waals surface area contributed by atoms with Crippen LogP contribution in [-0.4, -0.2) is 44.2 Å². The molecule has 148 valence electrons. The zero-order valence-corrected chi connectivity index (χ0v) is 15.0. The van der Waals surface area contributed by atoms with E-state index < -0.39 is 63.8 Å². The van der Waals surface area contributed by atoms with Crippen molar-refractivity contribution in [3.8, 4) is 11.5 Å². The maximum Gasteiger partial charge on any atom is 0.251 e. The summed E-state index contributed by atoms with van der Waals surface area (Å²) in [7, 11) is 0. The third kappa shape index (κ3) is 2.07. The van der Waals surface area contributed by atoms with Gasteiger partial charge in [0.15, 0.2) is 5.78 Å². The Labute approximate surface area is 162 Å². The highest BCUT2D eigenvalue weighted by molar-refractivity contribution is 6.37. The first kappa shape index (κ1) is 18.6. The van der Waals surface area contributed by atoms with Crippen LogP contribution in [0.25, 0.3) is 10.8 Å². The lowest BCUT2D eigenvalue weighted by Crippen LogP contribution is -2.63. The molecule has 9 heteroatoms. The van der Waals surface area contributed by atoms with Gasteiger partial charge in [0, 0.05) is 0 Å². The lowest BCUT2D eigenvalue weighted by Gasteiger charge is -2.42. The lowest BCUT2D eigenvalue weighted by molar-refractivity contribution is -0.302. The number of fused-ring (bicyclic) bond motifs is 3. The Morgan fingerprint density at radius 1 is 1.21 bits per heavy atom. The van der Waals surface area contributed by atoms with Gasteiger partial charge in [0.05, 0.1) is 22.4 Å². The average Bonchev–Trinajstić information content (AvgIpc) is 2.66. The smallest absolute Gasteiger partial charge is 0.251 e. The topological polar surface area (TPSA) is 178 Å². The third-order valence-electron chi connectivity index (χ3n) is 5.75. The van der Waals surface area contributed by atoms with Crippen molar-refractivity contribution in [2.45, 2.75) is 18.9 Å². The summed E-state index contributed by atoms with van der Waals surface area (Å²) in [4.78, 5) is 50.0. The summed E-state index contributed by atoms with van der Waals surface area (Å²) in [6.07, 6.45) is -0.398. The number of aliphatic hydroxyl groups is 1. The zero-order chi connectivity index (χ0) is 21.4. The maximum atomic E-state index is 13.2. The minimum atomic E-state index is -3.05. The fourth-order valence-electron chi connectivity index (χ4n) is 4.26. The van der Waals surface area contributed by atoms with E-state index in [0.29, 0.717) is 10.9 Å². The quantitative estimate of drug-likeness (QED) is 0.346. The van der Waals surface area contributed by atoms with Crippen LogP contribution in [0.1, 0.15) is 21.5 Å². The number of aromatic hydroxyl groups is 2. The second-order valence-electron chi connectivity index (χ2n) is 7.14. The predicted octanol–water partition coefficient (Wildman–Crippen LogP) is -1.10. The van der Waals surface area contributed by atoms with E-state index in [9.17, 15) is 39.6 Å². The maximum absolute atomic E-state index is 13.2. The van der Waals surface area contributed by atoms with Crippen molar-refractivity contribution in [3.05, 3.63) is 46.2 Å². The average molecular weight is 396 g/mol. The first-order valence-corrected chi connectivity index (χ1v) is 8.56. The number of hydrogen-bond acceptors (Lipinski definition) is 8. The van der Waals surface area contributed by atoms with Gasteiger partial charge in [0.2, 0.25) is 17.2 Å². The van der Waals surface area contributed by atoms with Crippen molar-refractivity contribution in [2.24, 2.45) is 11.7 Å². The van der Waals surface area contributed by atoms with Gasteiger partial charge in [-0.15, -0.1) is 0 Å². The molecular formula is C20H14NO8-. The number of amides is 1. The Kier molecular flexibility index (Phi) is 3.63. The van der Waals surface area contributed by atoms with Crippen LogP contribution in [0.3, 0.4) is 0 Å². The van der Waals surface area contributed by atoms with Gasteiger partial charge >= 0.3 is 0 Å². The Bertz CT molecular complexity index is 1220. The van der Waals surface area contributed by atoms with Crippen LogP contribution in [0.5, 0.6) is 11.5 Å². The summed E-state index contributed by atoms with van der Waals surface area (Å²) in [5, 5.41) is 44.3. The summed E-state index contributed by atoms with van der Waals surface area (Å²) in [6, 6.07) is 4.38. The summed E-state index contributed by atoms with van der Waals surface area (Å²) >= 11 is 0. The number of benzene rings is 2. The van der Waals surface area contributed by atoms with Crippen LogP contribution in [0.15, 0.2) is 29.5 Å². The highest BCUT2D eigenvalue weighted by atomic mass is 16.3. The Hall–Kier alpha value is -3.72. The molecule has 0 saturated carbocycles. The van der Waals surface area contributed by atoms with Crippen molar-refractivity contribution in [1.82, 2.24) is 0 Å². The molecule has 0 saturated heterocycles. The molecule has 2 aromatic carbocycles. The first-order valence-electron chi connectivity index (χ1n) is 8.56. The van der Waals surface area contributed by atoms with Crippen LogP contribution in [0, 0.1) is 12.8 Å². The van der Waals surface area contributed by atoms with E-state index in [4.69, 9.17) is 5.73 Å². The molecule has 0 bridgehead atoms. The van der Waals surface area contributed by atoms with Gasteiger partial charge in [0.1, 0.15) is 11.5 Å². The molecule has 4 rings (SSSR count). The van der Waals surface area contributed by atoms with E-state index in [2.05, 4.69) is 0 Å². The minimum absolute atomic E-state index is 0.0658. The Balaban J connectivity index is 2.08. The predicted molar refractivity (Wildman–Crippen MR) is 94.7 cm³/mol.